The summed E-state index contributed by atoms with van der Waals surface area (Å²) >= 11 is 1.47. The van der Waals surface area contributed by atoms with Crippen LogP contribution in [0.25, 0.3) is 6.08 Å². The van der Waals surface area contributed by atoms with Gasteiger partial charge in [-0.25, -0.2) is 0 Å². The first-order valence-electron chi connectivity index (χ1n) is 7.36. The molecular formula is C16H14F3N3O3S. The second kappa shape index (κ2) is 8.48. The molecule has 1 aromatic carbocycles. The molecule has 0 atom stereocenters. The van der Waals surface area contributed by atoms with E-state index < -0.39 is 22.4 Å². The van der Waals surface area contributed by atoms with Crippen LogP contribution in [0, 0.1) is 10.1 Å². The van der Waals surface area contributed by atoms with Gasteiger partial charge in [0.1, 0.15) is 5.69 Å². The summed E-state index contributed by atoms with van der Waals surface area (Å²) in [6.45, 7) is 0.260. The third-order valence-corrected chi connectivity index (χ3v) is 4.04. The van der Waals surface area contributed by atoms with Gasteiger partial charge in [0.25, 0.3) is 5.69 Å². The SMILES string of the molecule is O=C(/C=C/c1cccs1)NCCNc1ccc(C(F)(F)F)cc1[N+](=O)[O-]. The van der Waals surface area contributed by atoms with Crippen LogP contribution < -0.4 is 10.6 Å². The Bertz CT molecular complexity index is 805. The van der Waals surface area contributed by atoms with Crippen molar-refractivity contribution in [3.05, 3.63) is 62.3 Å². The molecule has 0 saturated heterocycles. The molecule has 0 spiro atoms. The van der Waals surface area contributed by atoms with Crippen LogP contribution in [0.15, 0.2) is 41.8 Å². The van der Waals surface area contributed by atoms with Gasteiger partial charge in [-0.05, 0) is 29.7 Å². The number of alkyl halides is 3. The average Bonchev–Trinajstić information content (AvgIpc) is 3.09. The van der Waals surface area contributed by atoms with Crippen LogP contribution >= 0.6 is 11.3 Å². The summed E-state index contributed by atoms with van der Waals surface area (Å²) in [6.07, 6.45) is -1.66. The first-order chi connectivity index (χ1) is 12.3. The number of thiophene rings is 1. The van der Waals surface area contributed by atoms with Crippen molar-refractivity contribution in [1.82, 2.24) is 5.32 Å². The van der Waals surface area contributed by atoms with E-state index in [2.05, 4.69) is 10.6 Å². The van der Waals surface area contributed by atoms with Crippen molar-refractivity contribution < 1.29 is 22.9 Å². The molecule has 0 bridgehead atoms. The zero-order chi connectivity index (χ0) is 19.2. The summed E-state index contributed by atoms with van der Waals surface area (Å²) in [5.41, 5.74) is -1.82. The number of hydrogen-bond donors (Lipinski definition) is 2. The lowest BCUT2D eigenvalue weighted by atomic mass is 10.1. The van der Waals surface area contributed by atoms with Crippen LogP contribution in [0.2, 0.25) is 0 Å². The maximum atomic E-state index is 12.6. The Morgan fingerprint density at radius 3 is 2.65 bits per heavy atom. The summed E-state index contributed by atoms with van der Waals surface area (Å²) in [6, 6.07) is 5.94. The maximum Gasteiger partial charge on any atom is 0.416 e. The number of nitro benzene ring substituents is 1. The highest BCUT2D eigenvalue weighted by molar-refractivity contribution is 7.10. The normalized spacial score (nSPS) is 11.5. The summed E-state index contributed by atoms with van der Waals surface area (Å²) in [7, 11) is 0. The Morgan fingerprint density at radius 1 is 1.27 bits per heavy atom. The van der Waals surface area contributed by atoms with Crippen molar-refractivity contribution in [3.8, 4) is 0 Å². The smallest absolute Gasteiger partial charge is 0.378 e. The van der Waals surface area contributed by atoms with Gasteiger partial charge < -0.3 is 10.6 Å². The van der Waals surface area contributed by atoms with E-state index in [0.717, 1.165) is 17.0 Å². The molecule has 2 aromatic rings. The molecule has 2 rings (SSSR count). The van der Waals surface area contributed by atoms with E-state index in [0.29, 0.717) is 6.07 Å². The van der Waals surface area contributed by atoms with Crippen molar-refractivity contribution in [2.45, 2.75) is 6.18 Å². The van der Waals surface area contributed by atoms with Gasteiger partial charge >= 0.3 is 6.18 Å². The van der Waals surface area contributed by atoms with Gasteiger partial charge in [-0.1, -0.05) is 6.07 Å². The Morgan fingerprint density at radius 2 is 2.04 bits per heavy atom. The molecule has 0 aliphatic rings. The lowest BCUT2D eigenvalue weighted by molar-refractivity contribution is -0.384. The number of nitrogens with zero attached hydrogens (tertiary/aromatic N) is 1. The molecule has 1 amide bonds. The van der Waals surface area contributed by atoms with Crippen molar-refractivity contribution in [2.75, 3.05) is 18.4 Å². The minimum absolute atomic E-state index is 0.0497. The fraction of sp³-hybridized carbons (Fsp3) is 0.188. The van der Waals surface area contributed by atoms with E-state index in [1.165, 1.54) is 17.4 Å². The number of nitrogens with one attached hydrogen (secondary N) is 2. The fourth-order valence-corrected chi connectivity index (χ4v) is 2.61. The van der Waals surface area contributed by atoms with Crippen molar-refractivity contribution in [2.24, 2.45) is 0 Å². The second-order valence-electron chi connectivity index (χ2n) is 5.05. The summed E-state index contributed by atoms with van der Waals surface area (Å²) in [5, 5.41) is 18.1. The van der Waals surface area contributed by atoms with Crippen molar-refractivity contribution in [3.63, 3.8) is 0 Å². The van der Waals surface area contributed by atoms with Crippen LogP contribution in [-0.4, -0.2) is 23.9 Å². The summed E-state index contributed by atoms with van der Waals surface area (Å²) < 4.78 is 37.9. The molecule has 0 unspecified atom stereocenters. The average molecular weight is 385 g/mol. The minimum atomic E-state index is -4.66. The van der Waals surface area contributed by atoms with Crippen LogP contribution in [0.3, 0.4) is 0 Å². The molecule has 0 radical (unpaired) electrons. The standard InChI is InChI=1S/C16H14F3N3O3S/c17-16(18,19)11-3-5-13(14(10-11)22(24)25)20-7-8-21-15(23)6-4-12-2-1-9-26-12/h1-6,9-10,20H,7-8H2,(H,21,23)/b6-4+. The van der Waals surface area contributed by atoms with E-state index in [1.807, 2.05) is 17.5 Å². The first-order valence-corrected chi connectivity index (χ1v) is 8.24. The van der Waals surface area contributed by atoms with Crippen molar-refractivity contribution >= 4 is 34.7 Å². The second-order valence-corrected chi connectivity index (χ2v) is 6.03. The fourth-order valence-electron chi connectivity index (χ4n) is 1.99. The van der Waals surface area contributed by atoms with Gasteiger partial charge in [-0.15, -0.1) is 11.3 Å². The van der Waals surface area contributed by atoms with E-state index in [4.69, 9.17) is 0 Å². The Kier molecular flexibility index (Phi) is 6.34. The summed E-state index contributed by atoms with van der Waals surface area (Å²) in [5.74, 6) is -0.345. The number of rotatable bonds is 7. The lowest BCUT2D eigenvalue weighted by Gasteiger charge is -2.10. The highest BCUT2D eigenvalue weighted by Gasteiger charge is 2.32. The molecule has 1 heterocycles. The highest BCUT2D eigenvalue weighted by Crippen LogP contribution is 2.34. The van der Waals surface area contributed by atoms with Crippen molar-refractivity contribution in [1.29, 1.82) is 0 Å². The zero-order valence-electron chi connectivity index (χ0n) is 13.2. The molecule has 0 saturated carbocycles. The van der Waals surface area contributed by atoms with E-state index >= 15 is 0 Å². The number of carbonyl (C=O) groups excluding carboxylic acids is 1. The van der Waals surface area contributed by atoms with Gasteiger partial charge in [0.2, 0.25) is 5.91 Å². The highest BCUT2D eigenvalue weighted by atomic mass is 32.1. The molecule has 1 aromatic heterocycles. The molecule has 0 fully saturated rings. The maximum absolute atomic E-state index is 12.6. The van der Waals surface area contributed by atoms with Gasteiger partial charge in [-0.3, -0.25) is 14.9 Å². The van der Waals surface area contributed by atoms with Crippen LogP contribution in [-0.2, 0) is 11.0 Å². The van der Waals surface area contributed by atoms with Gasteiger partial charge in [0, 0.05) is 30.1 Å². The number of nitro groups is 1. The lowest BCUT2D eigenvalue weighted by Crippen LogP contribution is -2.27. The third-order valence-electron chi connectivity index (χ3n) is 3.20. The minimum Gasteiger partial charge on any atom is -0.378 e. The number of halogens is 3. The van der Waals surface area contributed by atoms with E-state index in [9.17, 15) is 28.1 Å². The number of anilines is 1. The Labute approximate surface area is 150 Å². The van der Waals surface area contributed by atoms with Crippen LogP contribution in [0.5, 0.6) is 0 Å². The molecule has 0 aliphatic carbocycles. The van der Waals surface area contributed by atoms with Gasteiger partial charge in [0.05, 0.1) is 10.5 Å². The number of amides is 1. The third kappa shape index (κ3) is 5.59. The predicted molar refractivity (Wildman–Crippen MR) is 93.0 cm³/mol. The topological polar surface area (TPSA) is 84.3 Å². The zero-order valence-corrected chi connectivity index (χ0v) is 14.1. The monoisotopic (exact) mass is 385 g/mol. The molecular weight excluding hydrogens is 371 g/mol. The first kappa shape index (κ1) is 19.4. The number of carbonyl (C=O) groups is 1. The Balaban J connectivity index is 1.89. The molecule has 138 valence electrons. The molecule has 26 heavy (non-hydrogen) atoms. The van der Waals surface area contributed by atoms with E-state index in [-0.39, 0.29) is 24.7 Å². The van der Waals surface area contributed by atoms with Gasteiger partial charge in [0.15, 0.2) is 0 Å². The molecule has 6 nitrogen and oxygen atoms in total. The largest absolute Gasteiger partial charge is 0.416 e. The number of benzene rings is 1. The van der Waals surface area contributed by atoms with Crippen LogP contribution in [0.4, 0.5) is 24.5 Å². The van der Waals surface area contributed by atoms with Gasteiger partial charge in [-0.2, -0.15) is 13.2 Å². The molecule has 0 aliphatic heterocycles. The molecule has 10 heteroatoms. The summed E-state index contributed by atoms with van der Waals surface area (Å²) in [4.78, 5) is 22.6. The number of hydrogen-bond acceptors (Lipinski definition) is 5. The molecule has 2 N–H and O–H groups in total. The van der Waals surface area contributed by atoms with Crippen LogP contribution in [0.1, 0.15) is 10.4 Å². The quantitative estimate of drug-likeness (QED) is 0.328. The predicted octanol–water partition coefficient (Wildman–Crippen LogP) is 3.92. The van der Waals surface area contributed by atoms with E-state index in [1.54, 1.807) is 6.08 Å². The Hall–Kier alpha value is -2.88.